The van der Waals surface area contributed by atoms with Crippen LogP contribution in [0, 0.1) is 0 Å². The summed E-state index contributed by atoms with van der Waals surface area (Å²) in [6, 6.07) is 19.4. The summed E-state index contributed by atoms with van der Waals surface area (Å²) in [7, 11) is 0. The Morgan fingerprint density at radius 3 is 2.28 bits per heavy atom. The first-order valence-electron chi connectivity index (χ1n) is 10.3. The number of imidazole rings is 1. The zero-order valence-electron chi connectivity index (χ0n) is 16.7. The van der Waals surface area contributed by atoms with E-state index in [4.69, 9.17) is 4.98 Å². The van der Waals surface area contributed by atoms with Gasteiger partial charge in [-0.3, -0.25) is 0 Å². The number of quaternary nitrogens is 2. The average Bonchev–Trinajstić information content (AvgIpc) is 3.28. The van der Waals surface area contributed by atoms with E-state index in [1.807, 2.05) is 0 Å². The molecule has 0 bridgehead atoms. The van der Waals surface area contributed by atoms with Gasteiger partial charge in [0.15, 0.2) is 0 Å². The molecule has 0 unspecified atom stereocenters. The molecule has 2 aliphatic heterocycles. The first-order chi connectivity index (χ1) is 13.4. The Balaban J connectivity index is 0.00000120. The van der Waals surface area contributed by atoms with Gasteiger partial charge in [0.05, 0.1) is 24.1 Å². The summed E-state index contributed by atoms with van der Waals surface area (Å²) in [5.74, 6) is 1.17. The molecule has 5 nitrogen and oxygen atoms in total. The quantitative estimate of drug-likeness (QED) is 0.419. The first-order valence-corrected chi connectivity index (χ1v) is 10.3. The fraction of sp³-hybridized carbons (Fsp3) is 0.409. The second kappa shape index (κ2) is 9.81. The van der Waals surface area contributed by atoms with E-state index in [1.54, 1.807) is 9.80 Å². The number of aromatic nitrogens is 2. The van der Waals surface area contributed by atoms with Crippen molar-refractivity contribution in [2.75, 3.05) is 50.7 Å². The van der Waals surface area contributed by atoms with Gasteiger partial charge in [0.25, 0.3) is 0 Å². The summed E-state index contributed by atoms with van der Waals surface area (Å²) in [6.07, 6.45) is 0. The highest BCUT2D eigenvalue weighted by Gasteiger charge is 2.27. The summed E-state index contributed by atoms with van der Waals surface area (Å²) in [5, 5.41) is 0. The molecule has 0 saturated carbocycles. The summed E-state index contributed by atoms with van der Waals surface area (Å²) < 4.78 is 2.38. The lowest BCUT2D eigenvalue weighted by molar-refractivity contribution is -1.02. The molecule has 5 rings (SSSR count). The van der Waals surface area contributed by atoms with Crippen LogP contribution in [0.3, 0.4) is 0 Å². The Hall–Kier alpha value is -1.79. The third kappa shape index (κ3) is 4.69. The number of para-hydroxylation sites is 2. The Morgan fingerprint density at radius 1 is 0.793 bits per heavy atom. The topological polar surface area (TPSA) is 29.9 Å². The van der Waals surface area contributed by atoms with E-state index in [0.29, 0.717) is 0 Å². The molecule has 0 aliphatic carbocycles. The maximum absolute atomic E-state index is 4.87. The highest BCUT2D eigenvalue weighted by atomic mass is 35.5. The third-order valence-electron chi connectivity index (χ3n) is 6.21. The smallest absolute Gasteiger partial charge is 0.206 e. The van der Waals surface area contributed by atoms with Gasteiger partial charge in [-0.25, -0.2) is 4.98 Å². The molecular formula is C22H29Cl2N5. The van der Waals surface area contributed by atoms with Crippen LogP contribution in [0.5, 0.6) is 0 Å². The zero-order chi connectivity index (χ0) is 18.1. The van der Waals surface area contributed by atoms with Gasteiger partial charge in [-0.05, 0) is 12.1 Å². The number of hydrogen-bond acceptors (Lipinski definition) is 2. The maximum Gasteiger partial charge on any atom is 0.206 e. The van der Waals surface area contributed by atoms with Crippen molar-refractivity contribution in [3.8, 4) is 0 Å². The minimum atomic E-state index is 0. The maximum atomic E-state index is 4.87. The Bertz CT molecular complexity index is 906. The van der Waals surface area contributed by atoms with Gasteiger partial charge in [0.1, 0.15) is 32.7 Å². The minimum absolute atomic E-state index is 0. The fourth-order valence-electron chi connectivity index (χ4n) is 4.62. The highest BCUT2D eigenvalue weighted by Crippen LogP contribution is 2.26. The number of benzene rings is 2. The fourth-order valence-corrected chi connectivity index (χ4v) is 4.62. The number of fused-ring (bicyclic) bond motifs is 3. The number of anilines is 1. The summed E-state index contributed by atoms with van der Waals surface area (Å²) in [6.45, 7) is 10.8. The number of halogens is 2. The molecule has 0 atom stereocenters. The van der Waals surface area contributed by atoms with Crippen LogP contribution in [-0.2, 0) is 13.1 Å². The van der Waals surface area contributed by atoms with Crippen LogP contribution in [0.2, 0.25) is 0 Å². The predicted octanol–water partition coefficient (Wildman–Crippen LogP) is -6.15. The monoisotopic (exact) mass is 433 g/mol. The third-order valence-corrected chi connectivity index (χ3v) is 6.21. The standard InChI is InChI=1S/C22H27N5.2ClH/c1-2-6-19(7-3-1)18-25-12-10-24(11-13-25)14-15-26-16-17-27-21-9-5-4-8-20(21)23-22(26)27;;/h1-9H,10-18H2;2*1H. The van der Waals surface area contributed by atoms with Crippen molar-refractivity contribution >= 4 is 17.0 Å². The van der Waals surface area contributed by atoms with E-state index in [2.05, 4.69) is 64.1 Å². The predicted molar refractivity (Wildman–Crippen MR) is 108 cm³/mol. The van der Waals surface area contributed by atoms with Gasteiger partial charge in [-0.2, -0.15) is 0 Å². The number of nitrogens with one attached hydrogen (secondary N) is 2. The van der Waals surface area contributed by atoms with Gasteiger partial charge in [0.2, 0.25) is 5.95 Å². The Labute approximate surface area is 185 Å². The average molecular weight is 434 g/mol. The Kier molecular flexibility index (Phi) is 7.41. The largest absolute Gasteiger partial charge is 1.00 e. The number of nitrogens with zero attached hydrogens (tertiary/aromatic N) is 3. The van der Waals surface area contributed by atoms with Crippen LogP contribution < -0.4 is 39.5 Å². The van der Waals surface area contributed by atoms with Crippen LogP contribution in [0.1, 0.15) is 5.56 Å². The molecular weight excluding hydrogens is 405 g/mol. The van der Waals surface area contributed by atoms with Crippen LogP contribution in [0.15, 0.2) is 54.6 Å². The molecule has 0 radical (unpaired) electrons. The van der Waals surface area contributed by atoms with Crippen LogP contribution >= 0.6 is 0 Å². The molecule has 0 amide bonds. The molecule has 3 aromatic rings. The highest BCUT2D eigenvalue weighted by molar-refractivity contribution is 5.79. The second-order valence-corrected chi connectivity index (χ2v) is 7.95. The molecule has 29 heavy (non-hydrogen) atoms. The molecule has 2 aliphatic rings. The van der Waals surface area contributed by atoms with Crippen LogP contribution in [0.4, 0.5) is 5.95 Å². The van der Waals surface area contributed by atoms with Crippen LogP contribution in [-0.4, -0.2) is 55.4 Å². The van der Waals surface area contributed by atoms with Gasteiger partial charge >= 0.3 is 0 Å². The van der Waals surface area contributed by atoms with E-state index in [-0.39, 0.29) is 24.8 Å². The van der Waals surface area contributed by atoms with Crippen molar-refractivity contribution in [2.45, 2.75) is 13.1 Å². The van der Waals surface area contributed by atoms with Crippen LogP contribution in [0.25, 0.3) is 11.0 Å². The van der Waals surface area contributed by atoms with Crippen molar-refractivity contribution in [2.24, 2.45) is 0 Å². The van der Waals surface area contributed by atoms with Crippen molar-refractivity contribution < 1.29 is 34.6 Å². The van der Waals surface area contributed by atoms with E-state index in [0.717, 1.165) is 25.2 Å². The minimum Gasteiger partial charge on any atom is -1.00 e. The summed E-state index contributed by atoms with van der Waals surface area (Å²) in [4.78, 5) is 10.8. The number of hydrogen-bond donors (Lipinski definition) is 2. The molecule has 0 spiro atoms. The summed E-state index contributed by atoms with van der Waals surface area (Å²) >= 11 is 0. The van der Waals surface area contributed by atoms with E-state index in [9.17, 15) is 0 Å². The molecule has 1 aromatic heterocycles. The van der Waals surface area contributed by atoms with E-state index >= 15 is 0 Å². The lowest BCUT2D eigenvalue weighted by Gasteiger charge is -2.30. The summed E-state index contributed by atoms with van der Waals surface area (Å²) in [5.41, 5.74) is 3.87. The molecule has 2 aromatic carbocycles. The second-order valence-electron chi connectivity index (χ2n) is 7.95. The lowest BCUT2D eigenvalue weighted by atomic mass is 10.2. The van der Waals surface area contributed by atoms with E-state index in [1.165, 1.54) is 56.3 Å². The van der Waals surface area contributed by atoms with Crippen molar-refractivity contribution in [1.82, 2.24) is 9.55 Å². The van der Waals surface area contributed by atoms with Gasteiger partial charge in [0, 0.05) is 18.7 Å². The SMILES string of the molecule is [Cl-].[Cl-].c1ccc(C[NH+]2CC[NH+](CCN3CCn4c3nc3ccccc34)CC2)cc1. The van der Waals surface area contributed by atoms with Gasteiger partial charge in [-0.1, -0.05) is 42.5 Å². The number of rotatable bonds is 5. The molecule has 156 valence electrons. The first kappa shape index (κ1) is 21.9. The number of piperazine rings is 1. The molecule has 7 heteroatoms. The molecule has 3 heterocycles. The van der Waals surface area contributed by atoms with Crippen molar-refractivity contribution in [3.05, 3.63) is 60.2 Å². The molecule has 1 saturated heterocycles. The van der Waals surface area contributed by atoms with E-state index < -0.39 is 0 Å². The van der Waals surface area contributed by atoms with Gasteiger partial charge in [-0.15, -0.1) is 0 Å². The lowest BCUT2D eigenvalue weighted by Crippen LogP contribution is -3.27. The Morgan fingerprint density at radius 2 is 1.48 bits per heavy atom. The molecule has 2 N–H and O–H groups in total. The normalized spacial score (nSPS) is 20.8. The zero-order valence-corrected chi connectivity index (χ0v) is 18.2. The van der Waals surface area contributed by atoms with Gasteiger partial charge < -0.3 is 44.1 Å². The molecule has 1 fully saturated rings. The van der Waals surface area contributed by atoms with Crippen molar-refractivity contribution in [3.63, 3.8) is 0 Å². The van der Waals surface area contributed by atoms with Crippen molar-refractivity contribution in [1.29, 1.82) is 0 Å².